The number of hydrogen-bond donors (Lipinski definition) is 1. The highest BCUT2D eigenvalue weighted by Crippen LogP contribution is 2.40. The van der Waals surface area contributed by atoms with Crippen molar-refractivity contribution in [3.05, 3.63) is 0 Å². The molecule has 0 radical (unpaired) electrons. The van der Waals surface area contributed by atoms with Crippen molar-refractivity contribution in [1.82, 2.24) is 0 Å². The molecule has 1 saturated carbocycles. The van der Waals surface area contributed by atoms with E-state index < -0.39 is 5.79 Å². The standard InChI is InChI=1S/C9H16FNO2/c1-9(2)12-7-5(4-10)3-6(11)8(7)13-9/h5-8H,3-4,11H2,1-2H3. The van der Waals surface area contributed by atoms with E-state index >= 15 is 0 Å². The summed E-state index contributed by atoms with van der Waals surface area (Å²) in [6.45, 7) is 3.31. The van der Waals surface area contributed by atoms with Crippen molar-refractivity contribution in [3.8, 4) is 0 Å². The monoisotopic (exact) mass is 189 g/mol. The Balaban J connectivity index is 2.12. The van der Waals surface area contributed by atoms with E-state index in [1.807, 2.05) is 13.8 Å². The lowest BCUT2D eigenvalue weighted by Gasteiger charge is -2.21. The fraction of sp³-hybridized carbons (Fsp3) is 1.00. The lowest BCUT2D eigenvalue weighted by molar-refractivity contribution is -0.158. The van der Waals surface area contributed by atoms with Crippen molar-refractivity contribution < 1.29 is 13.9 Å². The molecule has 4 atom stereocenters. The molecule has 2 fully saturated rings. The number of rotatable bonds is 1. The third-order valence-corrected chi connectivity index (χ3v) is 2.82. The van der Waals surface area contributed by atoms with Gasteiger partial charge in [-0.15, -0.1) is 0 Å². The molecule has 0 spiro atoms. The van der Waals surface area contributed by atoms with Crippen LogP contribution in [-0.4, -0.2) is 30.7 Å². The van der Waals surface area contributed by atoms with Gasteiger partial charge in [-0.05, 0) is 20.3 Å². The summed E-state index contributed by atoms with van der Waals surface area (Å²) < 4.78 is 23.8. The molecule has 1 aliphatic heterocycles. The molecule has 0 bridgehead atoms. The van der Waals surface area contributed by atoms with Gasteiger partial charge in [0.15, 0.2) is 5.79 Å². The number of halogens is 1. The third-order valence-electron chi connectivity index (χ3n) is 2.82. The molecule has 0 aromatic heterocycles. The van der Waals surface area contributed by atoms with Gasteiger partial charge in [-0.25, -0.2) is 0 Å². The van der Waals surface area contributed by atoms with Gasteiger partial charge in [-0.1, -0.05) is 0 Å². The fourth-order valence-electron chi connectivity index (χ4n) is 2.28. The Kier molecular flexibility index (Phi) is 2.09. The van der Waals surface area contributed by atoms with E-state index in [4.69, 9.17) is 15.2 Å². The van der Waals surface area contributed by atoms with Crippen LogP contribution in [0.25, 0.3) is 0 Å². The zero-order valence-corrected chi connectivity index (χ0v) is 8.00. The van der Waals surface area contributed by atoms with Crippen LogP contribution in [0.3, 0.4) is 0 Å². The molecular formula is C9H16FNO2. The zero-order valence-electron chi connectivity index (χ0n) is 8.00. The molecule has 2 N–H and O–H groups in total. The number of fused-ring (bicyclic) bond motifs is 1. The molecule has 0 aromatic carbocycles. The molecule has 13 heavy (non-hydrogen) atoms. The maximum atomic E-state index is 12.6. The molecule has 2 rings (SSSR count). The van der Waals surface area contributed by atoms with Gasteiger partial charge in [0, 0.05) is 12.0 Å². The molecule has 0 aromatic rings. The second kappa shape index (κ2) is 2.90. The van der Waals surface area contributed by atoms with E-state index in [9.17, 15) is 4.39 Å². The fourth-order valence-corrected chi connectivity index (χ4v) is 2.28. The van der Waals surface area contributed by atoms with Crippen molar-refractivity contribution in [1.29, 1.82) is 0 Å². The van der Waals surface area contributed by atoms with Crippen LogP contribution in [0.4, 0.5) is 4.39 Å². The molecule has 1 saturated heterocycles. The van der Waals surface area contributed by atoms with Gasteiger partial charge in [-0.3, -0.25) is 4.39 Å². The lowest BCUT2D eigenvalue weighted by atomic mass is 10.1. The average molecular weight is 189 g/mol. The topological polar surface area (TPSA) is 44.5 Å². The van der Waals surface area contributed by atoms with E-state index in [1.54, 1.807) is 0 Å². The van der Waals surface area contributed by atoms with E-state index in [2.05, 4.69) is 0 Å². The Hall–Kier alpha value is -0.190. The van der Waals surface area contributed by atoms with Gasteiger partial charge in [0.1, 0.15) is 6.10 Å². The van der Waals surface area contributed by atoms with Crippen molar-refractivity contribution in [2.75, 3.05) is 6.67 Å². The number of nitrogens with two attached hydrogens (primary N) is 1. The maximum Gasteiger partial charge on any atom is 0.163 e. The molecule has 3 nitrogen and oxygen atoms in total. The van der Waals surface area contributed by atoms with Crippen molar-refractivity contribution in [2.45, 2.75) is 44.3 Å². The normalized spacial score (nSPS) is 48.0. The molecule has 76 valence electrons. The number of hydrogen-bond acceptors (Lipinski definition) is 3. The summed E-state index contributed by atoms with van der Waals surface area (Å²) in [7, 11) is 0. The number of alkyl halides is 1. The largest absolute Gasteiger partial charge is 0.344 e. The minimum atomic E-state index is -0.596. The Bertz CT molecular complexity index is 210. The van der Waals surface area contributed by atoms with Crippen LogP contribution < -0.4 is 5.73 Å². The summed E-state index contributed by atoms with van der Waals surface area (Å²) in [5.41, 5.74) is 5.84. The van der Waals surface area contributed by atoms with Gasteiger partial charge < -0.3 is 15.2 Å². The summed E-state index contributed by atoms with van der Waals surface area (Å²) in [4.78, 5) is 0. The molecule has 4 heteroatoms. The van der Waals surface area contributed by atoms with Gasteiger partial charge in [0.2, 0.25) is 0 Å². The van der Waals surface area contributed by atoms with Crippen molar-refractivity contribution in [2.24, 2.45) is 11.7 Å². The highest BCUT2D eigenvalue weighted by atomic mass is 19.1. The van der Waals surface area contributed by atoms with Crippen LogP contribution in [0.1, 0.15) is 20.3 Å². The Morgan fingerprint density at radius 3 is 2.62 bits per heavy atom. The molecule has 4 unspecified atom stereocenters. The first-order chi connectivity index (χ1) is 6.03. The highest BCUT2D eigenvalue weighted by Gasteiger charge is 2.52. The molecular weight excluding hydrogens is 173 g/mol. The summed E-state index contributed by atoms with van der Waals surface area (Å²) >= 11 is 0. The molecule has 1 aliphatic carbocycles. The van der Waals surface area contributed by atoms with Crippen LogP contribution in [0.5, 0.6) is 0 Å². The van der Waals surface area contributed by atoms with Crippen molar-refractivity contribution >= 4 is 0 Å². The summed E-state index contributed by atoms with van der Waals surface area (Å²) in [6, 6.07) is -0.0764. The Labute approximate surface area is 77.4 Å². The molecule has 0 amide bonds. The minimum absolute atomic E-state index is 0.0764. The predicted octanol–water partition coefficient (Wildman–Crippen LogP) is 0.823. The first-order valence-corrected chi connectivity index (χ1v) is 4.70. The van der Waals surface area contributed by atoms with E-state index in [1.165, 1.54) is 0 Å². The van der Waals surface area contributed by atoms with E-state index in [0.717, 1.165) is 0 Å². The van der Waals surface area contributed by atoms with Crippen LogP contribution in [-0.2, 0) is 9.47 Å². The van der Waals surface area contributed by atoms with Crippen LogP contribution >= 0.6 is 0 Å². The summed E-state index contributed by atoms with van der Waals surface area (Å²) in [6.07, 6.45) is 0.410. The number of ether oxygens (including phenoxy) is 2. The molecule has 2 aliphatic rings. The van der Waals surface area contributed by atoms with Crippen LogP contribution in [0, 0.1) is 5.92 Å². The highest BCUT2D eigenvalue weighted by molar-refractivity contribution is 4.99. The van der Waals surface area contributed by atoms with Crippen molar-refractivity contribution in [3.63, 3.8) is 0 Å². The van der Waals surface area contributed by atoms with Gasteiger partial charge >= 0.3 is 0 Å². The average Bonchev–Trinajstić information content (AvgIpc) is 2.47. The van der Waals surface area contributed by atoms with Gasteiger partial charge in [0.25, 0.3) is 0 Å². The Morgan fingerprint density at radius 2 is 2.00 bits per heavy atom. The Morgan fingerprint density at radius 1 is 1.38 bits per heavy atom. The predicted molar refractivity (Wildman–Crippen MR) is 45.9 cm³/mol. The van der Waals surface area contributed by atoms with Crippen LogP contribution in [0.2, 0.25) is 0 Å². The van der Waals surface area contributed by atoms with Gasteiger partial charge in [-0.2, -0.15) is 0 Å². The van der Waals surface area contributed by atoms with E-state index in [-0.39, 0.29) is 30.8 Å². The quantitative estimate of drug-likeness (QED) is 0.664. The second-order valence-corrected chi connectivity index (χ2v) is 4.38. The first kappa shape index (κ1) is 9.37. The first-order valence-electron chi connectivity index (χ1n) is 4.70. The van der Waals surface area contributed by atoms with Gasteiger partial charge in [0.05, 0.1) is 12.8 Å². The molecule has 1 heterocycles. The SMILES string of the molecule is CC1(C)OC2C(N)CC(CF)C2O1. The second-order valence-electron chi connectivity index (χ2n) is 4.38. The smallest absolute Gasteiger partial charge is 0.163 e. The third kappa shape index (κ3) is 1.47. The van der Waals surface area contributed by atoms with E-state index in [0.29, 0.717) is 6.42 Å². The summed E-state index contributed by atoms with van der Waals surface area (Å²) in [5, 5.41) is 0. The van der Waals surface area contributed by atoms with Crippen LogP contribution in [0.15, 0.2) is 0 Å². The minimum Gasteiger partial charge on any atom is -0.344 e. The zero-order chi connectivity index (χ0) is 9.64. The summed E-state index contributed by atoms with van der Waals surface area (Å²) in [5.74, 6) is -0.678. The maximum absolute atomic E-state index is 12.6. The lowest BCUT2D eigenvalue weighted by Crippen LogP contribution is -2.34.